The van der Waals surface area contributed by atoms with E-state index in [2.05, 4.69) is 36.2 Å². The van der Waals surface area contributed by atoms with Crippen LogP contribution in [0.15, 0.2) is 43.0 Å². The zero-order chi connectivity index (χ0) is 27.9. The van der Waals surface area contributed by atoms with Crippen LogP contribution in [0.5, 0.6) is 0 Å². The Bertz CT molecular complexity index is 1300. The van der Waals surface area contributed by atoms with E-state index in [0.29, 0.717) is 24.2 Å². The van der Waals surface area contributed by atoms with Gasteiger partial charge in [-0.1, -0.05) is 18.2 Å². The predicted molar refractivity (Wildman–Crippen MR) is 140 cm³/mol. The third kappa shape index (κ3) is 7.00. The lowest BCUT2D eigenvalue weighted by molar-refractivity contribution is -0.143. The van der Waals surface area contributed by atoms with Crippen LogP contribution in [-0.2, 0) is 32.0 Å². The minimum atomic E-state index is -1.46. The number of aromatic nitrogens is 3. The molecule has 3 aromatic rings. The Morgan fingerprint density at radius 1 is 1.05 bits per heavy atom. The monoisotopic (exact) mass is 539 g/mol. The quantitative estimate of drug-likeness (QED) is 0.148. The second kappa shape index (κ2) is 12.5. The maximum Gasteiger partial charge on any atom is 0.326 e. The van der Waals surface area contributed by atoms with E-state index in [9.17, 15) is 29.4 Å². The highest BCUT2D eigenvalue weighted by Crippen LogP contribution is 2.19. The summed E-state index contributed by atoms with van der Waals surface area (Å²) in [5.41, 5.74) is 2.10. The zero-order valence-corrected chi connectivity index (χ0v) is 21.4. The van der Waals surface area contributed by atoms with Gasteiger partial charge in [0.2, 0.25) is 17.7 Å². The van der Waals surface area contributed by atoms with E-state index < -0.39 is 48.1 Å². The minimum Gasteiger partial charge on any atom is -0.480 e. The summed E-state index contributed by atoms with van der Waals surface area (Å²) in [6.07, 6.45) is 4.81. The van der Waals surface area contributed by atoms with Gasteiger partial charge in [-0.05, 0) is 37.9 Å². The molecule has 13 nitrogen and oxygen atoms in total. The van der Waals surface area contributed by atoms with E-state index in [1.54, 1.807) is 6.20 Å². The van der Waals surface area contributed by atoms with Gasteiger partial charge in [-0.25, -0.2) is 9.78 Å². The number of aliphatic carboxylic acids is 1. The van der Waals surface area contributed by atoms with E-state index in [1.165, 1.54) is 19.4 Å². The summed E-state index contributed by atoms with van der Waals surface area (Å²) in [6.45, 7) is 2.01. The molecule has 1 fully saturated rings. The van der Waals surface area contributed by atoms with Gasteiger partial charge in [-0.2, -0.15) is 0 Å². The Morgan fingerprint density at radius 3 is 2.51 bits per heavy atom. The highest BCUT2D eigenvalue weighted by Gasteiger charge is 2.34. The van der Waals surface area contributed by atoms with Gasteiger partial charge in [0.15, 0.2) is 0 Å². The number of nitrogens with one attached hydrogen (secondary N) is 6. The third-order valence-electron chi connectivity index (χ3n) is 6.76. The van der Waals surface area contributed by atoms with Crippen molar-refractivity contribution in [1.82, 2.24) is 36.2 Å². The lowest BCUT2D eigenvalue weighted by Gasteiger charge is -2.26. The van der Waals surface area contributed by atoms with Gasteiger partial charge < -0.3 is 41.4 Å². The molecule has 0 spiro atoms. The number of rotatable bonds is 12. The molecule has 5 atom stereocenters. The van der Waals surface area contributed by atoms with Crippen molar-refractivity contribution in [2.24, 2.45) is 0 Å². The van der Waals surface area contributed by atoms with Crippen molar-refractivity contribution in [2.75, 3.05) is 6.54 Å². The summed E-state index contributed by atoms with van der Waals surface area (Å²) < 4.78 is 0. The van der Waals surface area contributed by atoms with Crippen LogP contribution in [0.2, 0.25) is 0 Å². The molecule has 2 aromatic heterocycles. The van der Waals surface area contributed by atoms with E-state index in [0.717, 1.165) is 17.3 Å². The number of carboxylic acid groups (broad SMARTS) is 1. The fraction of sp³-hybridized carbons (Fsp3) is 0.423. The number of imidazole rings is 1. The second-order valence-electron chi connectivity index (χ2n) is 9.68. The first kappa shape index (κ1) is 27.8. The topological polar surface area (TPSA) is 201 Å². The average Bonchev–Trinajstić information content (AvgIpc) is 3.69. The standard InChI is InChI=1S/C26H33N7O6/c1-14(34)22(25(37)32-21(26(38)39)9-15-11-29-18-6-3-2-5-17(15)18)33-24(36)20(10-16-12-27-13-30-16)31-23(35)19-7-4-8-28-19/h2-3,5-6,11-14,19-22,28-29,34H,4,7-10H2,1H3,(H,27,30)(H,31,35)(H,32,37)(H,33,36)(H,38,39). The number of nitrogens with zero attached hydrogens (tertiary/aromatic N) is 1. The summed E-state index contributed by atoms with van der Waals surface area (Å²) in [5, 5.41) is 31.7. The molecule has 5 unspecified atom stereocenters. The summed E-state index contributed by atoms with van der Waals surface area (Å²) in [6, 6.07) is 3.09. The number of para-hydroxylation sites is 1. The van der Waals surface area contributed by atoms with Gasteiger partial charge in [0.25, 0.3) is 0 Å². The van der Waals surface area contributed by atoms with E-state index >= 15 is 0 Å². The van der Waals surface area contributed by atoms with E-state index in [-0.39, 0.29) is 18.7 Å². The molecule has 1 aromatic carbocycles. The molecule has 4 rings (SSSR count). The molecule has 3 amide bonds. The van der Waals surface area contributed by atoms with Gasteiger partial charge in [0.1, 0.15) is 18.1 Å². The molecule has 0 saturated carbocycles. The molecule has 39 heavy (non-hydrogen) atoms. The molecule has 0 bridgehead atoms. The minimum absolute atomic E-state index is 0.0154. The van der Waals surface area contributed by atoms with Crippen molar-refractivity contribution in [1.29, 1.82) is 0 Å². The number of amides is 3. The normalized spacial score (nSPS) is 18.2. The fourth-order valence-electron chi connectivity index (χ4n) is 4.65. The van der Waals surface area contributed by atoms with Crippen LogP contribution < -0.4 is 21.3 Å². The summed E-state index contributed by atoms with van der Waals surface area (Å²) in [5.74, 6) is -3.19. The number of H-pyrrole nitrogens is 2. The SMILES string of the molecule is CC(O)C(NC(=O)C(Cc1cnc[nH]1)NC(=O)C1CCCN1)C(=O)NC(Cc1c[nH]c2ccccc12)C(=O)O. The smallest absolute Gasteiger partial charge is 0.326 e. The number of carbonyl (C=O) groups is 4. The molecule has 13 heteroatoms. The lowest BCUT2D eigenvalue weighted by atomic mass is 10.0. The van der Waals surface area contributed by atoms with Crippen LogP contribution in [0.4, 0.5) is 0 Å². The predicted octanol–water partition coefficient (Wildman–Crippen LogP) is -0.652. The van der Waals surface area contributed by atoms with Crippen LogP contribution in [0.1, 0.15) is 31.0 Å². The van der Waals surface area contributed by atoms with Gasteiger partial charge in [-0.3, -0.25) is 14.4 Å². The number of carboxylic acids is 1. The summed E-state index contributed by atoms with van der Waals surface area (Å²) >= 11 is 0. The lowest BCUT2D eigenvalue weighted by Crippen LogP contribution is -2.60. The highest BCUT2D eigenvalue weighted by molar-refractivity contribution is 5.95. The van der Waals surface area contributed by atoms with Crippen molar-refractivity contribution in [2.45, 2.75) is 62.9 Å². The number of hydrogen-bond acceptors (Lipinski definition) is 7. The maximum absolute atomic E-state index is 13.3. The number of aliphatic hydroxyl groups is 1. The Labute approximate surface area is 224 Å². The van der Waals surface area contributed by atoms with E-state index in [4.69, 9.17) is 0 Å². The molecule has 208 valence electrons. The molecule has 1 aliphatic heterocycles. The van der Waals surface area contributed by atoms with Crippen molar-refractivity contribution in [3.63, 3.8) is 0 Å². The molecule has 0 aliphatic carbocycles. The number of fused-ring (bicyclic) bond motifs is 1. The molecule has 3 heterocycles. The van der Waals surface area contributed by atoms with Gasteiger partial charge in [0, 0.05) is 41.8 Å². The van der Waals surface area contributed by atoms with Crippen LogP contribution in [0.3, 0.4) is 0 Å². The number of hydrogen-bond donors (Lipinski definition) is 8. The Morgan fingerprint density at radius 2 is 1.85 bits per heavy atom. The fourth-order valence-corrected chi connectivity index (χ4v) is 4.65. The molecular weight excluding hydrogens is 506 g/mol. The van der Waals surface area contributed by atoms with Gasteiger partial charge in [-0.15, -0.1) is 0 Å². The van der Waals surface area contributed by atoms with Crippen molar-refractivity contribution in [3.8, 4) is 0 Å². The average molecular weight is 540 g/mol. The number of carbonyl (C=O) groups excluding carboxylic acids is 3. The first-order valence-corrected chi connectivity index (χ1v) is 12.8. The van der Waals surface area contributed by atoms with Crippen molar-refractivity contribution in [3.05, 3.63) is 54.2 Å². The number of aromatic amines is 2. The molecular formula is C26H33N7O6. The van der Waals surface area contributed by atoms with Crippen LogP contribution >= 0.6 is 0 Å². The molecule has 0 radical (unpaired) electrons. The molecule has 1 saturated heterocycles. The van der Waals surface area contributed by atoms with Crippen molar-refractivity contribution >= 4 is 34.6 Å². The number of aliphatic hydroxyl groups excluding tert-OH is 1. The Balaban J connectivity index is 1.46. The summed E-state index contributed by atoms with van der Waals surface area (Å²) in [7, 11) is 0. The zero-order valence-electron chi connectivity index (χ0n) is 21.4. The first-order chi connectivity index (χ1) is 18.7. The van der Waals surface area contributed by atoms with Gasteiger partial charge >= 0.3 is 5.97 Å². The van der Waals surface area contributed by atoms with Crippen LogP contribution in [0, 0.1) is 0 Å². The largest absolute Gasteiger partial charge is 0.480 e. The van der Waals surface area contributed by atoms with Gasteiger partial charge in [0.05, 0.1) is 18.5 Å². The van der Waals surface area contributed by atoms with E-state index in [1.807, 2.05) is 24.3 Å². The summed E-state index contributed by atoms with van der Waals surface area (Å²) in [4.78, 5) is 61.0. The highest BCUT2D eigenvalue weighted by atomic mass is 16.4. The van der Waals surface area contributed by atoms with Crippen LogP contribution in [0.25, 0.3) is 10.9 Å². The maximum atomic E-state index is 13.3. The Hall–Kier alpha value is -4.23. The first-order valence-electron chi connectivity index (χ1n) is 12.8. The van der Waals surface area contributed by atoms with Crippen molar-refractivity contribution < 1.29 is 29.4 Å². The van der Waals surface area contributed by atoms with Crippen LogP contribution in [-0.4, -0.2) is 85.7 Å². The molecule has 8 N–H and O–H groups in total. The second-order valence-corrected chi connectivity index (χ2v) is 9.68. The molecule has 1 aliphatic rings. The Kier molecular flexibility index (Phi) is 8.94. The number of benzene rings is 1. The third-order valence-corrected chi connectivity index (χ3v) is 6.76.